The molecule has 0 radical (unpaired) electrons. The number of fused-ring (bicyclic) bond motifs is 3. The number of carboxylic acids is 2. The summed E-state index contributed by atoms with van der Waals surface area (Å²) in [4.78, 5) is 35.4. The number of carbonyl (C=O) groups is 3. The normalized spacial score (nSPS) is 21.5. The molecule has 0 spiro atoms. The number of halogens is 2. The molecule has 3 rings (SSSR count). The first-order valence-corrected chi connectivity index (χ1v) is 10.6. The second-order valence-electron chi connectivity index (χ2n) is 8.63. The van der Waals surface area contributed by atoms with Crippen molar-refractivity contribution in [2.24, 2.45) is 10.8 Å². The fraction of sp³-hybridized carbons (Fsp3) is 0.500. The van der Waals surface area contributed by atoms with Gasteiger partial charge in [0.25, 0.3) is 0 Å². The number of ketones is 1. The van der Waals surface area contributed by atoms with E-state index in [2.05, 4.69) is 6.92 Å². The summed E-state index contributed by atoms with van der Waals surface area (Å²) in [6.45, 7) is 4.64. The lowest BCUT2D eigenvalue weighted by atomic mass is 9.70. The summed E-state index contributed by atoms with van der Waals surface area (Å²) in [5, 5.41) is 19.2. The zero-order chi connectivity index (χ0) is 22.4. The van der Waals surface area contributed by atoms with Crippen molar-refractivity contribution in [3.63, 3.8) is 0 Å². The van der Waals surface area contributed by atoms with Gasteiger partial charge in [0.15, 0.2) is 5.78 Å². The smallest absolute Gasteiger partial charge is 0.346 e. The average Bonchev–Trinajstić information content (AvgIpc) is 2.96. The van der Waals surface area contributed by atoms with Crippen LogP contribution in [-0.2, 0) is 20.8 Å². The van der Waals surface area contributed by atoms with Gasteiger partial charge in [-0.2, -0.15) is 0 Å². The second-order valence-corrected chi connectivity index (χ2v) is 9.39. The number of allylic oxidation sites excluding steroid dienone is 2. The monoisotopic (exact) mass is 454 g/mol. The van der Waals surface area contributed by atoms with Crippen LogP contribution in [0, 0.1) is 10.8 Å². The van der Waals surface area contributed by atoms with E-state index in [-0.39, 0.29) is 27.0 Å². The maximum Gasteiger partial charge on any atom is 0.346 e. The van der Waals surface area contributed by atoms with Gasteiger partial charge in [-0.25, -0.2) is 4.79 Å². The molecule has 162 valence electrons. The lowest BCUT2D eigenvalue weighted by molar-refractivity contribution is -0.164. The Bertz CT molecular complexity index is 965. The summed E-state index contributed by atoms with van der Waals surface area (Å²) < 4.78 is 5.62. The van der Waals surface area contributed by atoms with E-state index < -0.39 is 23.5 Å². The van der Waals surface area contributed by atoms with E-state index in [1.807, 2.05) is 0 Å². The molecule has 30 heavy (non-hydrogen) atoms. The van der Waals surface area contributed by atoms with Crippen LogP contribution >= 0.6 is 23.2 Å². The predicted octanol–water partition coefficient (Wildman–Crippen LogP) is 5.03. The van der Waals surface area contributed by atoms with Gasteiger partial charge in [-0.1, -0.05) is 36.5 Å². The van der Waals surface area contributed by atoms with Gasteiger partial charge in [0.1, 0.15) is 16.2 Å². The van der Waals surface area contributed by atoms with Gasteiger partial charge in [-0.15, -0.1) is 0 Å². The minimum absolute atomic E-state index is 0.00840. The molecule has 2 aliphatic carbocycles. The van der Waals surface area contributed by atoms with Crippen LogP contribution in [0.3, 0.4) is 0 Å². The van der Waals surface area contributed by atoms with Crippen molar-refractivity contribution in [1.29, 1.82) is 0 Å². The molecule has 2 N–H and O–H groups in total. The molecule has 0 saturated carbocycles. The van der Waals surface area contributed by atoms with Gasteiger partial charge in [0.05, 0.1) is 5.02 Å². The highest BCUT2D eigenvalue weighted by Crippen LogP contribution is 2.58. The number of rotatable bonds is 7. The number of carboxylic acid groups (broad SMARTS) is 2. The van der Waals surface area contributed by atoms with Crippen molar-refractivity contribution < 1.29 is 29.3 Å². The number of ether oxygens (including phenoxy) is 1. The Morgan fingerprint density at radius 1 is 1.27 bits per heavy atom. The van der Waals surface area contributed by atoms with Gasteiger partial charge in [-0.3, -0.25) is 9.59 Å². The topological polar surface area (TPSA) is 101 Å². The van der Waals surface area contributed by atoms with Gasteiger partial charge in [-0.05, 0) is 56.4 Å². The molecule has 0 aliphatic heterocycles. The Kier molecular flexibility index (Phi) is 5.95. The van der Waals surface area contributed by atoms with Crippen molar-refractivity contribution in [2.75, 3.05) is 0 Å². The number of hydrogen-bond donors (Lipinski definition) is 2. The molecule has 2 unspecified atom stereocenters. The summed E-state index contributed by atoms with van der Waals surface area (Å²) in [7, 11) is 0. The minimum atomic E-state index is -1.70. The highest BCUT2D eigenvalue weighted by Gasteiger charge is 2.47. The summed E-state index contributed by atoms with van der Waals surface area (Å²) >= 11 is 13.0. The maximum atomic E-state index is 12.1. The van der Waals surface area contributed by atoms with E-state index in [0.29, 0.717) is 24.8 Å². The van der Waals surface area contributed by atoms with E-state index in [9.17, 15) is 24.6 Å². The van der Waals surface area contributed by atoms with Crippen molar-refractivity contribution in [3.05, 3.63) is 33.3 Å². The summed E-state index contributed by atoms with van der Waals surface area (Å²) in [5.74, 6) is -2.65. The predicted molar refractivity (Wildman–Crippen MR) is 113 cm³/mol. The zero-order valence-electron chi connectivity index (χ0n) is 17.1. The average molecular weight is 455 g/mol. The van der Waals surface area contributed by atoms with Crippen molar-refractivity contribution in [3.8, 4) is 5.75 Å². The molecule has 0 heterocycles. The van der Waals surface area contributed by atoms with Crippen molar-refractivity contribution in [2.45, 2.75) is 59.0 Å². The maximum absolute atomic E-state index is 12.1. The van der Waals surface area contributed by atoms with Crippen LogP contribution < -0.4 is 4.74 Å². The molecule has 0 fully saturated rings. The fourth-order valence-corrected chi connectivity index (χ4v) is 5.02. The SMILES string of the molecule is CCCC12CCC(=O)C=C1c1c(cc(OC(C(=O)O)C(C)(C)C(=O)O)c(Cl)c1Cl)C2. The fourth-order valence-electron chi connectivity index (χ4n) is 4.51. The minimum Gasteiger partial charge on any atom is -0.481 e. The van der Waals surface area contributed by atoms with Crippen LogP contribution in [0.2, 0.25) is 10.0 Å². The Morgan fingerprint density at radius 2 is 1.93 bits per heavy atom. The van der Waals surface area contributed by atoms with Gasteiger partial charge < -0.3 is 14.9 Å². The molecule has 1 aromatic carbocycles. The second kappa shape index (κ2) is 7.89. The number of aliphatic carboxylic acids is 2. The third-order valence-corrected chi connectivity index (χ3v) is 7.03. The van der Waals surface area contributed by atoms with Crippen LogP contribution in [0.25, 0.3) is 5.57 Å². The lowest BCUT2D eigenvalue weighted by Gasteiger charge is -2.33. The first-order chi connectivity index (χ1) is 13.9. The molecule has 8 heteroatoms. The standard InChI is InChI=1S/C22H24Cl2O6/c1-4-6-22-7-5-12(25)9-13(22)15-11(10-22)8-14(16(23)17(15)24)30-18(19(26)27)21(2,3)20(28)29/h8-9,18H,4-7,10H2,1-3H3,(H,26,27)(H,28,29). The molecule has 0 bridgehead atoms. The summed E-state index contributed by atoms with van der Waals surface area (Å²) in [6, 6.07) is 1.64. The van der Waals surface area contributed by atoms with E-state index in [4.69, 9.17) is 27.9 Å². The van der Waals surface area contributed by atoms with Crippen molar-refractivity contribution in [1.82, 2.24) is 0 Å². The van der Waals surface area contributed by atoms with Crippen LogP contribution in [0.1, 0.15) is 57.6 Å². The van der Waals surface area contributed by atoms with E-state index in [1.165, 1.54) is 13.8 Å². The highest BCUT2D eigenvalue weighted by molar-refractivity contribution is 6.44. The molecular formula is C22H24Cl2O6. The quantitative estimate of drug-likeness (QED) is 0.599. The molecular weight excluding hydrogens is 431 g/mol. The van der Waals surface area contributed by atoms with Crippen LogP contribution in [-0.4, -0.2) is 34.0 Å². The van der Waals surface area contributed by atoms with Crippen molar-refractivity contribution >= 4 is 46.5 Å². The number of carbonyl (C=O) groups excluding carboxylic acids is 1. The number of benzene rings is 1. The van der Waals surface area contributed by atoms with Gasteiger partial charge in [0, 0.05) is 17.4 Å². The first kappa shape index (κ1) is 22.6. The Morgan fingerprint density at radius 3 is 2.50 bits per heavy atom. The molecule has 0 aromatic heterocycles. The van der Waals surface area contributed by atoms with Crippen LogP contribution in [0.5, 0.6) is 5.75 Å². The Hall–Kier alpha value is -2.05. The Labute approximate surface area is 184 Å². The van der Waals surface area contributed by atoms with E-state index in [0.717, 1.165) is 24.0 Å². The van der Waals surface area contributed by atoms with Crippen LogP contribution in [0.4, 0.5) is 0 Å². The molecule has 2 atom stereocenters. The van der Waals surface area contributed by atoms with Gasteiger partial charge in [0.2, 0.25) is 6.10 Å². The Balaban J connectivity index is 2.10. The molecule has 0 saturated heterocycles. The van der Waals surface area contributed by atoms with E-state index >= 15 is 0 Å². The third kappa shape index (κ3) is 3.60. The largest absolute Gasteiger partial charge is 0.481 e. The van der Waals surface area contributed by atoms with E-state index in [1.54, 1.807) is 12.1 Å². The molecule has 0 amide bonds. The lowest BCUT2D eigenvalue weighted by Crippen LogP contribution is -2.46. The van der Waals surface area contributed by atoms with Crippen LogP contribution in [0.15, 0.2) is 12.1 Å². The van der Waals surface area contributed by atoms with Gasteiger partial charge >= 0.3 is 11.9 Å². The molecule has 1 aromatic rings. The molecule has 6 nitrogen and oxygen atoms in total. The highest BCUT2D eigenvalue weighted by atomic mass is 35.5. The summed E-state index contributed by atoms with van der Waals surface area (Å²) in [5.41, 5.74) is 0.511. The zero-order valence-corrected chi connectivity index (χ0v) is 18.6. The first-order valence-electron chi connectivity index (χ1n) is 9.83. The number of hydrogen-bond acceptors (Lipinski definition) is 4. The third-order valence-electron chi connectivity index (χ3n) is 6.18. The molecule has 2 aliphatic rings. The summed E-state index contributed by atoms with van der Waals surface area (Å²) in [6.07, 6.45) is 3.63.